The summed E-state index contributed by atoms with van der Waals surface area (Å²) in [5.41, 5.74) is 1.80. The van der Waals surface area contributed by atoms with Crippen molar-refractivity contribution in [1.29, 1.82) is 0 Å². The van der Waals surface area contributed by atoms with Crippen molar-refractivity contribution in [2.75, 3.05) is 0 Å². The Morgan fingerprint density at radius 2 is 1.50 bits per heavy atom. The Labute approximate surface area is 107 Å². The average Bonchev–Trinajstić information content (AvgIpc) is 2.45. The van der Waals surface area contributed by atoms with E-state index in [1.165, 1.54) is 0 Å². The summed E-state index contributed by atoms with van der Waals surface area (Å²) in [6, 6.07) is 19.2. The molecule has 0 aromatic heterocycles. The molecule has 18 heavy (non-hydrogen) atoms. The lowest BCUT2D eigenvalue weighted by atomic mass is 10.2. The van der Waals surface area contributed by atoms with E-state index in [2.05, 4.69) is 0 Å². The second-order valence-corrected chi connectivity index (χ2v) is 3.89. The molecule has 90 valence electrons. The molecule has 0 fully saturated rings. The maximum atomic E-state index is 11.7. The number of hydrogen-bond donors (Lipinski definition) is 0. The van der Waals surface area contributed by atoms with Gasteiger partial charge in [0.2, 0.25) is 5.69 Å². The van der Waals surface area contributed by atoms with Crippen molar-refractivity contribution in [3.63, 3.8) is 0 Å². The predicted octanol–water partition coefficient (Wildman–Crippen LogP) is 4.00. The van der Waals surface area contributed by atoms with E-state index in [1.54, 1.807) is 18.3 Å². The van der Waals surface area contributed by atoms with Gasteiger partial charge in [0.05, 0.1) is 0 Å². The average molecular weight is 237 g/mol. The summed E-state index contributed by atoms with van der Waals surface area (Å²) in [5, 5.41) is 11.7. The van der Waals surface area contributed by atoms with Gasteiger partial charge in [0.25, 0.3) is 0 Å². The zero-order chi connectivity index (χ0) is 12.6. The zero-order valence-corrected chi connectivity index (χ0v) is 10.1. The molecule has 0 unspecified atom stereocenters. The highest BCUT2D eigenvalue weighted by Crippen LogP contribution is 2.08. The molecule has 0 aliphatic rings. The summed E-state index contributed by atoms with van der Waals surface area (Å²) in [5.74, 6) is 0. The highest BCUT2D eigenvalue weighted by atomic mass is 16.5. The van der Waals surface area contributed by atoms with Crippen molar-refractivity contribution < 1.29 is 4.74 Å². The standard InChI is InChI=1S/C16H15NO/c18-17(16-12-5-2-6-13-16)14-8-7-11-15-9-3-1-4-10-15/h1-7,9-14H,8H2/b11-7+,17-14-. The molecule has 0 aliphatic carbocycles. The number of benzene rings is 2. The third kappa shape index (κ3) is 3.59. The van der Waals surface area contributed by atoms with Gasteiger partial charge in [0.1, 0.15) is 0 Å². The SMILES string of the molecule is [O-]/[N+](=C\C/C=C/c1ccccc1)c1ccccc1. The fourth-order valence-corrected chi connectivity index (χ4v) is 1.61. The van der Waals surface area contributed by atoms with Gasteiger partial charge in [-0.3, -0.25) is 0 Å². The van der Waals surface area contributed by atoms with Crippen LogP contribution in [0.1, 0.15) is 12.0 Å². The van der Waals surface area contributed by atoms with E-state index >= 15 is 0 Å². The van der Waals surface area contributed by atoms with Gasteiger partial charge in [0.15, 0.2) is 6.21 Å². The highest BCUT2D eigenvalue weighted by molar-refractivity contribution is 5.60. The van der Waals surface area contributed by atoms with E-state index in [1.807, 2.05) is 60.7 Å². The monoisotopic (exact) mass is 237 g/mol. The van der Waals surface area contributed by atoms with Crippen LogP contribution >= 0.6 is 0 Å². The maximum absolute atomic E-state index is 11.7. The lowest BCUT2D eigenvalue weighted by Crippen LogP contribution is -1.95. The van der Waals surface area contributed by atoms with Crippen molar-refractivity contribution in [2.45, 2.75) is 6.42 Å². The molecule has 2 rings (SSSR count). The Balaban J connectivity index is 1.94. The van der Waals surface area contributed by atoms with Crippen LogP contribution in [0.15, 0.2) is 66.7 Å². The molecule has 0 bridgehead atoms. The number of para-hydroxylation sites is 1. The van der Waals surface area contributed by atoms with E-state index in [9.17, 15) is 5.21 Å². The van der Waals surface area contributed by atoms with E-state index in [0.29, 0.717) is 12.1 Å². The molecule has 2 aromatic carbocycles. The second-order valence-electron chi connectivity index (χ2n) is 3.89. The summed E-state index contributed by atoms with van der Waals surface area (Å²) >= 11 is 0. The first kappa shape index (κ1) is 12.1. The second kappa shape index (κ2) is 6.40. The molecule has 0 N–H and O–H groups in total. The van der Waals surface area contributed by atoms with Crippen molar-refractivity contribution in [2.24, 2.45) is 0 Å². The van der Waals surface area contributed by atoms with Crippen LogP contribution in [0.2, 0.25) is 0 Å². The molecule has 0 atom stereocenters. The Kier molecular flexibility index (Phi) is 4.31. The van der Waals surface area contributed by atoms with E-state index in [4.69, 9.17) is 0 Å². The van der Waals surface area contributed by atoms with Crippen LogP contribution in [0.5, 0.6) is 0 Å². The van der Waals surface area contributed by atoms with E-state index < -0.39 is 0 Å². The van der Waals surface area contributed by atoms with Crippen molar-refractivity contribution >= 4 is 18.0 Å². The quantitative estimate of drug-likeness (QED) is 0.341. The first-order valence-corrected chi connectivity index (χ1v) is 5.92. The smallest absolute Gasteiger partial charge is 0.216 e. The predicted molar refractivity (Wildman–Crippen MR) is 75.9 cm³/mol. The van der Waals surface area contributed by atoms with Gasteiger partial charge < -0.3 is 5.21 Å². The van der Waals surface area contributed by atoms with Crippen LogP contribution in [0.25, 0.3) is 6.08 Å². The van der Waals surface area contributed by atoms with Crippen molar-refractivity contribution in [3.05, 3.63) is 77.5 Å². The van der Waals surface area contributed by atoms with Crippen LogP contribution in [-0.4, -0.2) is 11.0 Å². The summed E-state index contributed by atoms with van der Waals surface area (Å²) < 4.78 is 0.898. The molecule has 0 amide bonds. The fourth-order valence-electron chi connectivity index (χ4n) is 1.61. The van der Waals surface area contributed by atoms with E-state index in [-0.39, 0.29) is 0 Å². The van der Waals surface area contributed by atoms with Gasteiger partial charge in [-0.15, -0.1) is 0 Å². The molecule has 2 heteroatoms. The molecular formula is C16H15NO. The lowest BCUT2D eigenvalue weighted by molar-refractivity contribution is -0.356. The van der Waals surface area contributed by atoms with Crippen molar-refractivity contribution in [3.8, 4) is 0 Å². The van der Waals surface area contributed by atoms with Gasteiger partial charge >= 0.3 is 0 Å². The first-order valence-electron chi connectivity index (χ1n) is 5.92. The Morgan fingerprint density at radius 3 is 2.17 bits per heavy atom. The molecular weight excluding hydrogens is 222 g/mol. The summed E-state index contributed by atoms with van der Waals surface area (Å²) in [7, 11) is 0. The van der Waals surface area contributed by atoms with Gasteiger partial charge in [-0.25, -0.2) is 0 Å². The Hall–Kier alpha value is -2.35. The summed E-state index contributed by atoms with van der Waals surface area (Å²) in [6.07, 6.45) is 6.22. The number of allylic oxidation sites excluding steroid dienone is 1. The summed E-state index contributed by atoms with van der Waals surface area (Å²) in [6.45, 7) is 0. The van der Waals surface area contributed by atoms with E-state index in [0.717, 1.165) is 10.3 Å². The van der Waals surface area contributed by atoms with Crippen LogP contribution in [0.4, 0.5) is 5.69 Å². The highest BCUT2D eigenvalue weighted by Gasteiger charge is 1.96. The minimum atomic E-state index is 0.618. The zero-order valence-electron chi connectivity index (χ0n) is 10.1. The van der Waals surface area contributed by atoms with Gasteiger partial charge in [-0.2, -0.15) is 4.74 Å². The van der Waals surface area contributed by atoms with Gasteiger partial charge in [-0.1, -0.05) is 60.7 Å². The molecule has 0 spiro atoms. The summed E-state index contributed by atoms with van der Waals surface area (Å²) in [4.78, 5) is 0. The van der Waals surface area contributed by atoms with Crippen LogP contribution in [0.3, 0.4) is 0 Å². The molecule has 0 saturated heterocycles. The van der Waals surface area contributed by atoms with Gasteiger partial charge in [-0.05, 0) is 5.56 Å². The molecule has 0 aliphatic heterocycles. The Morgan fingerprint density at radius 1 is 0.889 bits per heavy atom. The topological polar surface area (TPSA) is 26.1 Å². The molecule has 0 heterocycles. The first-order chi connectivity index (χ1) is 8.86. The normalized spacial score (nSPS) is 11.9. The molecule has 2 aromatic rings. The van der Waals surface area contributed by atoms with Crippen LogP contribution in [0, 0.1) is 5.21 Å². The van der Waals surface area contributed by atoms with Crippen LogP contribution in [-0.2, 0) is 0 Å². The maximum Gasteiger partial charge on any atom is 0.216 e. The van der Waals surface area contributed by atoms with Gasteiger partial charge in [0, 0.05) is 18.6 Å². The van der Waals surface area contributed by atoms with Crippen LogP contribution < -0.4 is 0 Å². The third-order valence-electron chi connectivity index (χ3n) is 2.53. The number of nitrogens with zero attached hydrogens (tertiary/aromatic N) is 1. The lowest BCUT2D eigenvalue weighted by Gasteiger charge is -2.00. The number of hydrogen-bond acceptors (Lipinski definition) is 1. The molecule has 0 saturated carbocycles. The molecule has 0 radical (unpaired) electrons. The number of rotatable bonds is 4. The minimum Gasteiger partial charge on any atom is -0.619 e. The molecule has 2 nitrogen and oxygen atoms in total. The fraction of sp³-hybridized carbons (Fsp3) is 0.0625. The third-order valence-corrected chi connectivity index (χ3v) is 2.53. The van der Waals surface area contributed by atoms with Crippen molar-refractivity contribution in [1.82, 2.24) is 0 Å². The Bertz CT molecular complexity index is 530. The largest absolute Gasteiger partial charge is 0.619 e. The minimum absolute atomic E-state index is 0.618.